The van der Waals surface area contributed by atoms with Crippen LogP contribution in [0.5, 0.6) is 0 Å². The second kappa shape index (κ2) is 9.17. The van der Waals surface area contributed by atoms with Crippen molar-refractivity contribution in [1.29, 1.82) is 0 Å². The summed E-state index contributed by atoms with van der Waals surface area (Å²) in [7, 11) is 0. The molecule has 2 unspecified atom stereocenters. The van der Waals surface area contributed by atoms with Crippen molar-refractivity contribution in [1.82, 2.24) is 0 Å². The van der Waals surface area contributed by atoms with Crippen LogP contribution in [-0.4, -0.2) is 23.3 Å². The minimum absolute atomic E-state index is 0.0317. The highest BCUT2D eigenvalue weighted by Gasteiger charge is 2.59. The summed E-state index contributed by atoms with van der Waals surface area (Å²) < 4.78 is 5.57. The average molecular weight is 457 g/mol. The highest BCUT2D eigenvalue weighted by Crippen LogP contribution is 2.66. The van der Waals surface area contributed by atoms with Gasteiger partial charge in [-0.15, -0.1) is 0 Å². The molecule has 3 nitrogen and oxygen atoms in total. The van der Waals surface area contributed by atoms with E-state index < -0.39 is 6.10 Å². The molecule has 10 atom stereocenters. The first-order chi connectivity index (χ1) is 15.5. The molecule has 0 bridgehead atoms. The number of hydrogen-bond acceptors (Lipinski definition) is 3. The van der Waals surface area contributed by atoms with E-state index in [4.69, 9.17) is 4.74 Å². The van der Waals surface area contributed by atoms with Crippen molar-refractivity contribution in [3.8, 4) is 0 Å². The largest absolute Gasteiger partial charge is 0.463 e. The van der Waals surface area contributed by atoms with Crippen LogP contribution in [0.25, 0.3) is 0 Å². The molecular weight excluding hydrogens is 408 g/mol. The molecule has 0 spiro atoms. The molecule has 0 aromatic heterocycles. The molecule has 1 N–H and O–H groups in total. The first kappa shape index (κ1) is 25.0. The Morgan fingerprint density at radius 2 is 1.70 bits per heavy atom. The maximum Gasteiger partial charge on any atom is 0.302 e. The summed E-state index contributed by atoms with van der Waals surface area (Å²) in [6.07, 6.45) is 14.7. The molecule has 0 heterocycles. The Morgan fingerprint density at radius 1 is 1.03 bits per heavy atom. The third-order valence-electron chi connectivity index (χ3n) is 10.9. The van der Waals surface area contributed by atoms with Gasteiger partial charge < -0.3 is 9.84 Å². The number of carbonyl (C=O) groups is 1. The molecule has 3 fully saturated rings. The number of ether oxygens (including phenoxy) is 1. The summed E-state index contributed by atoms with van der Waals surface area (Å²) in [6, 6.07) is 0. The summed E-state index contributed by atoms with van der Waals surface area (Å²) >= 11 is 0. The van der Waals surface area contributed by atoms with E-state index in [-0.39, 0.29) is 23.4 Å². The van der Waals surface area contributed by atoms with Crippen LogP contribution in [0, 0.1) is 52.3 Å². The molecule has 33 heavy (non-hydrogen) atoms. The Morgan fingerprint density at radius 3 is 2.36 bits per heavy atom. The van der Waals surface area contributed by atoms with Crippen LogP contribution >= 0.6 is 0 Å². The molecule has 4 aliphatic rings. The molecule has 3 heteroatoms. The fourth-order valence-corrected chi connectivity index (χ4v) is 8.49. The van der Waals surface area contributed by atoms with E-state index in [1.807, 2.05) is 0 Å². The maximum absolute atomic E-state index is 11.5. The molecule has 4 rings (SSSR count). The molecule has 186 valence electrons. The fourth-order valence-electron chi connectivity index (χ4n) is 8.49. The van der Waals surface area contributed by atoms with E-state index in [2.05, 4.69) is 59.8 Å². The van der Waals surface area contributed by atoms with Gasteiger partial charge in [-0.3, -0.25) is 4.79 Å². The van der Waals surface area contributed by atoms with E-state index in [1.165, 1.54) is 32.6 Å². The lowest BCUT2D eigenvalue weighted by Gasteiger charge is -2.58. The van der Waals surface area contributed by atoms with Crippen LogP contribution in [0.1, 0.15) is 93.4 Å². The van der Waals surface area contributed by atoms with Crippen molar-refractivity contribution in [2.75, 3.05) is 0 Å². The highest BCUT2D eigenvalue weighted by molar-refractivity contribution is 5.66. The molecule has 0 amide bonds. The minimum atomic E-state index is -0.412. The van der Waals surface area contributed by atoms with Crippen LogP contribution in [0.4, 0.5) is 0 Å². The quantitative estimate of drug-likeness (QED) is 0.359. The molecular formula is C30H48O3. The second-order valence-corrected chi connectivity index (χ2v) is 13.0. The maximum atomic E-state index is 11.5. The van der Waals surface area contributed by atoms with Gasteiger partial charge in [0.15, 0.2) is 0 Å². The zero-order valence-corrected chi connectivity index (χ0v) is 22.1. The van der Waals surface area contributed by atoms with Crippen LogP contribution in [-0.2, 0) is 9.53 Å². The van der Waals surface area contributed by atoms with Crippen molar-refractivity contribution in [3.63, 3.8) is 0 Å². The number of rotatable bonds is 5. The van der Waals surface area contributed by atoms with Crippen molar-refractivity contribution in [3.05, 3.63) is 23.8 Å². The van der Waals surface area contributed by atoms with Crippen LogP contribution in [0.15, 0.2) is 23.8 Å². The summed E-state index contributed by atoms with van der Waals surface area (Å²) in [5.41, 5.74) is 2.04. The van der Waals surface area contributed by atoms with E-state index in [0.717, 1.165) is 25.2 Å². The van der Waals surface area contributed by atoms with Gasteiger partial charge >= 0.3 is 5.97 Å². The van der Waals surface area contributed by atoms with Crippen molar-refractivity contribution >= 4 is 5.97 Å². The standard InChI is InChI=1S/C30H48O3/c1-18(2)19(3)8-9-20(4)24-10-11-25-23-17-28(32)27-16-22(33-21(5)31)12-14-30(27,7)26(23)13-15-29(24,25)6/h8-9,17-20,22,24-28,32H,10-16H2,1-7H3/b9-8+/t19-,20?,22-,24+,25+,26+,27?,28+,29+,30+/m0/s1. The Hall–Kier alpha value is -1.09. The third kappa shape index (κ3) is 4.37. The first-order valence-electron chi connectivity index (χ1n) is 13.7. The zero-order valence-electron chi connectivity index (χ0n) is 22.1. The average Bonchev–Trinajstić information content (AvgIpc) is 3.10. The van der Waals surface area contributed by atoms with E-state index in [9.17, 15) is 9.90 Å². The molecule has 3 saturated carbocycles. The van der Waals surface area contributed by atoms with Gasteiger partial charge in [-0.25, -0.2) is 0 Å². The summed E-state index contributed by atoms with van der Waals surface area (Å²) in [6.45, 7) is 15.9. The van der Waals surface area contributed by atoms with E-state index in [1.54, 1.807) is 5.57 Å². The highest BCUT2D eigenvalue weighted by atomic mass is 16.5. The summed E-state index contributed by atoms with van der Waals surface area (Å²) in [5.74, 6) is 3.84. The molecule has 0 aromatic carbocycles. The third-order valence-corrected chi connectivity index (χ3v) is 10.9. The number of esters is 1. The predicted molar refractivity (Wildman–Crippen MR) is 134 cm³/mol. The lowest BCUT2D eigenvalue weighted by Crippen LogP contribution is -2.54. The van der Waals surface area contributed by atoms with E-state index >= 15 is 0 Å². The molecule has 0 saturated heterocycles. The van der Waals surface area contributed by atoms with Gasteiger partial charge in [0.25, 0.3) is 0 Å². The van der Waals surface area contributed by atoms with Crippen LogP contribution in [0.2, 0.25) is 0 Å². The smallest absolute Gasteiger partial charge is 0.302 e. The van der Waals surface area contributed by atoms with Crippen LogP contribution < -0.4 is 0 Å². The lowest BCUT2D eigenvalue weighted by molar-refractivity contribution is -0.155. The SMILES string of the molecule is CC(=O)O[C@H]1CC[C@@]2(C)C(C1)[C@H](O)C=C1[C@H]3CC[C@H](C(C)/C=C/[C@H](C)C(C)C)[C@@]3(C)CC[C@H]12. The number of fused-ring (bicyclic) bond motifs is 5. The molecule has 0 radical (unpaired) electrons. The summed E-state index contributed by atoms with van der Waals surface area (Å²) in [4.78, 5) is 11.5. The molecule has 0 aromatic rings. The van der Waals surface area contributed by atoms with Gasteiger partial charge in [-0.05, 0) is 97.2 Å². The van der Waals surface area contributed by atoms with Gasteiger partial charge in [0.1, 0.15) is 6.10 Å². The zero-order chi connectivity index (χ0) is 24.1. The van der Waals surface area contributed by atoms with Crippen molar-refractivity contribution in [2.24, 2.45) is 52.3 Å². The number of hydrogen-bond donors (Lipinski definition) is 1. The fraction of sp³-hybridized carbons (Fsp3) is 0.833. The first-order valence-corrected chi connectivity index (χ1v) is 13.7. The van der Waals surface area contributed by atoms with Gasteiger partial charge in [0.2, 0.25) is 0 Å². The number of aliphatic hydroxyl groups excluding tert-OH is 1. The molecule has 4 aliphatic carbocycles. The van der Waals surface area contributed by atoms with Gasteiger partial charge in [0.05, 0.1) is 6.10 Å². The van der Waals surface area contributed by atoms with Crippen molar-refractivity contribution in [2.45, 2.75) is 106 Å². The normalized spacial score (nSPS) is 44.6. The van der Waals surface area contributed by atoms with E-state index in [0.29, 0.717) is 35.0 Å². The monoisotopic (exact) mass is 456 g/mol. The van der Waals surface area contributed by atoms with Gasteiger partial charge in [-0.2, -0.15) is 0 Å². The van der Waals surface area contributed by atoms with Gasteiger partial charge in [0, 0.05) is 6.92 Å². The Bertz CT molecular complexity index is 796. The molecule has 0 aliphatic heterocycles. The van der Waals surface area contributed by atoms with Crippen LogP contribution in [0.3, 0.4) is 0 Å². The van der Waals surface area contributed by atoms with Gasteiger partial charge in [-0.1, -0.05) is 65.3 Å². The number of allylic oxidation sites excluding steroid dienone is 3. The minimum Gasteiger partial charge on any atom is -0.463 e. The summed E-state index contributed by atoms with van der Waals surface area (Å²) in [5, 5.41) is 11.3. The lowest BCUT2D eigenvalue weighted by atomic mass is 9.47. The number of carbonyl (C=O) groups excluding carboxylic acids is 1. The second-order valence-electron chi connectivity index (χ2n) is 13.0. The van der Waals surface area contributed by atoms with Crippen molar-refractivity contribution < 1.29 is 14.6 Å². The number of aliphatic hydroxyl groups is 1. The Labute approximate surface area is 202 Å². The predicted octanol–water partition coefficient (Wildman–Crippen LogP) is 6.95. The Kier molecular flexibility index (Phi) is 6.95. The topological polar surface area (TPSA) is 46.5 Å². The Balaban J connectivity index is 1.55.